The molecule has 0 aromatic heterocycles. The molecule has 3 saturated heterocycles. The number of carbonyl (C=O) groups is 1. The summed E-state index contributed by atoms with van der Waals surface area (Å²) in [6.07, 6.45) is 58.2. The normalized spacial score (nSPS) is 26.7. The predicted molar refractivity (Wildman–Crippen MR) is 406 cm³/mol. The minimum absolute atomic E-state index is 0.228. The summed E-state index contributed by atoms with van der Waals surface area (Å²) in [4.78, 5) is 13.5. The number of rotatable bonds is 63. The van der Waals surface area contributed by atoms with Crippen LogP contribution in [-0.2, 0) is 33.2 Å². The Bertz CT molecular complexity index is 2220. The molecule has 0 aromatic carbocycles. The Kier molecular flexibility index (Phi) is 57.1. The summed E-state index contributed by atoms with van der Waals surface area (Å²) in [6, 6.07) is -0.999. The third-order valence-electron chi connectivity index (χ3n) is 19.6. The van der Waals surface area contributed by atoms with E-state index < -0.39 is 124 Å². The fraction of sp³-hybridized carbons (Fsp3) is 0.795. The van der Waals surface area contributed by atoms with Crippen LogP contribution in [0.15, 0.2) is 97.2 Å². The van der Waals surface area contributed by atoms with Crippen molar-refractivity contribution in [3.05, 3.63) is 97.2 Å². The molecule has 3 aliphatic rings. The van der Waals surface area contributed by atoms with Gasteiger partial charge in [-0.2, -0.15) is 0 Å². The van der Waals surface area contributed by atoms with Crippen molar-refractivity contribution in [1.82, 2.24) is 5.32 Å². The Labute approximate surface area is 615 Å². The van der Waals surface area contributed by atoms with Crippen LogP contribution in [0.3, 0.4) is 0 Å². The third-order valence-corrected chi connectivity index (χ3v) is 19.6. The second kappa shape index (κ2) is 62.7. The Morgan fingerprint density at radius 1 is 0.363 bits per heavy atom. The molecule has 17 unspecified atom stereocenters. The maximum absolute atomic E-state index is 13.5. The monoisotopic (exact) mass is 1440 g/mol. The summed E-state index contributed by atoms with van der Waals surface area (Å²) in [5.41, 5.74) is 0. The van der Waals surface area contributed by atoms with Crippen LogP contribution in [0.2, 0.25) is 0 Å². The molecule has 3 heterocycles. The summed E-state index contributed by atoms with van der Waals surface area (Å²) < 4.78 is 34.4. The van der Waals surface area contributed by atoms with Gasteiger partial charge in [0.1, 0.15) is 73.2 Å². The molecule has 17 atom stereocenters. The highest BCUT2D eigenvalue weighted by Gasteiger charge is 2.54. The number of amides is 1. The Hall–Kier alpha value is -3.29. The number of hydrogen-bond acceptors (Lipinski definition) is 18. The molecule has 3 fully saturated rings. The predicted octanol–water partition coefficient (Wildman–Crippen LogP) is 13.6. The fourth-order valence-electron chi connectivity index (χ4n) is 13.2. The van der Waals surface area contributed by atoms with Gasteiger partial charge in [-0.3, -0.25) is 4.79 Å². The quantitative estimate of drug-likeness (QED) is 0.0199. The number of nitrogens with one attached hydrogen (secondary N) is 1. The highest BCUT2D eigenvalue weighted by Crippen LogP contribution is 2.33. The molecule has 1 amide bonds. The van der Waals surface area contributed by atoms with Crippen molar-refractivity contribution >= 4 is 5.91 Å². The number of carbonyl (C=O) groups excluding carboxylic acids is 1. The average molecular weight is 1450 g/mol. The number of aliphatic hydroxyl groups excluding tert-OH is 11. The summed E-state index contributed by atoms with van der Waals surface area (Å²) in [6.45, 7) is 1.63. The topological polar surface area (TPSA) is 307 Å². The van der Waals surface area contributed by atoms with Crippen molar-refractivity contribution in [3.63, 3.8) is 0 Å². The molecular formula is C83H145NO18. The van der Waals surface area contributed by atoms with Crippen molar-refractivity contribution in [2.75, 3.05) is 26.4 Å². The lowest BCUT2D eigenvalue weighted by molar-refractivity contribution is -0.379. The highest BCUT2D eigenvalue weighted by atomic mass is 16.8. The van der Waals surface area contributed by atoms with Gasteiger partial charge in [0.2, 0.25) is 5.91 Å². The molecule has 19 nitrogen and oxygen atoms in total. The maximum atomic E-state index is 13.5. The van der Waals surface area contributed by atoms with E-state index in [4.69, 9.17) is 28.4 Å². The van der Waals surface area contributed by atoms with E-state index in [1.54, 1.807) is 6.08 Å². The van der Waals surface area contributed by atoms with E-state index >= 15 is 0 Å². The lowest BCUT2D eigenvalue weighted by Gasteiger charge is -2.48. The molecule has 0 radical (unpaired) electrons. The van der Waals surface area contributed by atoms with E-state index in [9.17, 15) is 61.0 Å². The standard InChI is InChI=1S/C83H145NO18/c1-3-5-7-9-11-13-15-17-19-21-23-25-27-29-31-32-33-34-35-37-39-41-43-45-47-49-51-53-55-57-59-61-71(89)84-66(67(88)60-58-56-54-52-50-48-46-44-42-40-38-36-30-28-26-24-22-20-18-16-14-12-10-8-6-4-2)65-97-81-77(95)74(92)79(69(63-86)99-81)102-83-78(96)75(93)80(70(64-87)100-83)101-82-76(94)73(91)72(90)68(62-85)98-82/h5,7,11,13,17,19,23,25,29,31,33-34,50,52,58,60,66-70,72-83,85-88,90-96H,3-4,6,8-10,12,14-16,18,20-22,24,26-28,30,32,35-49,51,53-57,59,61-65H2,1-2H3,(H,84,89)/b7-5-,13-11-,19-17-,25-23-,31-29-,34-33-,52-50+,60-58+. The number of ether oxygens (including phenoxy) is 6. The van der Waals surface area contributed by atoms with Crippen molar-refractivity contribution < 1.29 is 89.4 Å². The van der Waals surface area contributed by atoms with Crippen molar-refractivity contribution in [2.24, 2.45) is 0 Å². The maximum Gasteiger partial charge on any atom is 0.220 e. The average Bonchev–Trinajstić information content (AvgIpc) is 0.781. The molecule has 102 heavy (non-hydrogen) atoms. The summed E-state index contributed by atoms with van der Waals surface area (Å²) in [7, 11) is 0. The van der Waals surface area contributed by atoms with Crippen molar-refractivity contribution in [1.29, 1.82) is 0 Å². The minimum Gasteiger partial charge on any atom is -0.394 e. The van der Waals surface area contributed by atoms with Gasteiger partial charge in [0.15, 0.2) is 18.9 Å². The first-order valence-corrected chi connectivity index (χ1v) is 40.5. The van der Waals surface area contributed by atoms with E-state index in [-0.39, 0.29) is 18.9 Å². The van der Waals surface area contributed by atoms with E-state index in [1.807, 2.05) is 6.08 Å². The van der Waals surface area contributed by atoms with Crippen LogP contribution in [0.25, 0.3) is 0 Å². The highest BCUT2D eigenvalue weighted by molar-refractivity contribution is 5.76. The van der Waals surface area contributed by atoms with Gasteiger partial charge in [0.25, 0.3) is 0 Å². The Balaban J connectivity index is 1.39. The second-order valence-corrected chi connectivity index (χ2v) is 28.5. The molecule has 590 valence electrons. The van der Waals surface area contributed by atoms with E-state index in [0.717, 1.165) is 89.9 Å². The van der Waals surface area contributed by atoms with Crippen LogP contribution >= 0.6 is 0 Å². The Morgan fingerprint density at radius 3 is 1.10 bits per heavy atom. The molecule has 19 heteroatoms. The lowest BCUT2D eigenvalue weighted by atomic mass is 9.96. The SMILES string of the molecule is CC/C=C\C/C=C\C/C=C\C/C=C\C/C=C\C/C=C\CCCCCCCCCCCCCCC(=O)NC(COC1OC(CO)C(OC2OC(CO)C(OC3OC(CO)C(O)C(O)C3O)C(O)C2O)C(O)C1O)C(O)/C=C/CC/C=C/CCCCCCCCCCCCCCCCCCCCCC. The smallest absolute Gasteiger partial charge is 0.220 e. The molecule has 0 saturated carbocycles. The summed E-state index contributed by atoms with van der Waals surface area (Å²) >= 11 is 0. The second-order valence-electron chi connectivity index (χ2n) is 28.5. The molecule has 0 spiro atoms. The zero-order valence-electron chi connectivity index (χ0n) is 63.1. The van der Waals surface area contributed by atoms with Gasteiger partial charge < -0.3 is 89.9 Å². The van der Waals surface area contributed by atoms with E-state index in [0.29, 0.717) is 12.8 Å². The number of unbranched alkanes of at least 4 members (excludes halogenated alkanes) is 33. The van der Waals surface area contributed by atoms with Crippen LogP contribution in [0.1, 0.15) is 290 Å². The van der Waals surface area contributed by atoms with E-state index in [1.165, 1.54) is 167 Å². The molecule has 12 N–H and O–H groups in total. The summed E-state index contributed by atoms with van der Waals surface area (Å²) in [5, 5.41) is 121. The number of hydrogen-bond donors (Lipinski definition) is 12. The largest absolute Gasteiger partial charge is 0.394 e. The van der Waals surface area contributed by atoms with Gasteiger partial charge in [-0.15, -0.1) is 0 Å². The van der Waals surface area contributed by atoms with Crippen molar-refractivity contribution in [2.45, 2.75) is 394 Å². The molecule has 0 aromatic rings. The van der Waals surface area contributed by atoms with Gasteiger partial charge in [-0.05, 0) is 83.5 Å². The first-order chi connectivity index (χ1) is 49.8. The minimum atomic E-state index is -1.99. The molecule has 3 rings (SSSR count). The first kappa shape index (κ1) is 92.9. The molecule has 0 bridgehead atoms. The number of aliphatic hydroxyl groups is 11. The van der Waals surface area contributed by atoms with Crippen LogP contribution in [0, 0.1) is 0 Å². The van der Waals surface area contributed by atoms with Crippen LogP contribution < -0.4 is 5.32 Å². The molecule has 0 aliphatic carbocycles. The van der Waals surface area contributed by atoms with Gasteiger partial charge in [-0.1, -0.05) is 297 Å². The third kappa shape index (κ3) is 42.3. The summed E-state index contributed by atoms with van der Waals surface area (Å²) in [5.74, 6) is -0.288. The van der Waals surface area contributed by atoms with E-state index in [2.05, 4.69) is 104 Å². The zero-order chi connectivity index (χ0) is 73.9. The lowest BCUT2D eigenvalue weighted by Crippen LogP contribution is -2.66. The van der Waals surface area contributed by atoms with Gasteiger partial charge >= 0.3 is 0 Å². The fourth-order valence-corrected chi connectivity index (χ4v) is 13.2. The Morgan fingerprint density at radius 2 is 0.686 bits per heavy atom. The number of allylic oxidation sites excluding steroid dienone is 15. The first-order valence-electron chi connectivity index (χ1n) is 40.5. The van der Waals surface area contributed by atoms with Gasteiger partial charge in [-0.25, -0.2) is 0 Å². The van der Waals surface area contributed by atoms with Gasteiger partial charge in [0.05, 0.1) is 38.6 Å². The zero-order valence-corrected chi connectivity index (χ0v) is 63.1. The van der Waals surface area contributed by atoms with Crippen LogP contribution in [0.4, 0.5) is 0 Å². The van der Waals surface area contributed by atoms with Crippen LogP contribution in [0.5, 0.6) is 0 Å². The van der Waals surface area contributed by atoms with Crippen molar-refractivity contribution in [3.8, 4) is 0 Å². The molecular weight excluding hydrogens is 1300 g/mol. The van der Waals surface area contributed by atoms with Crippen LogP contribution in [-0.4, -0.2) is 193 Å². The van der Waals surface area contributed by atoms with Gasteiger partial charge in [0, 0.05) is 6.42 Å². The molecule has 3 aliphatic heterocycles.